The van der Waals surface area contributed by atoms with Crippen molar-refractivity contribution in [3.8, 4) is 11.5 Å². The van der Waals surface area contributed by atoms with Gasteiger partial charge < -0.3 is 25.4 Å². The second kappa shape index (κ2) is 10.6. The summed E-state index contributed by atoms with van der Waals surface area (Å²) < 4.78 is 10.6. The van der Waals surface area contributed by atoms with Crippen molar-refractivity contribution in [2.75, 3.05) is 34.9 Å². The summed E-state index contributed by atoms with van der Waals surface area (Å²) in [4.78, 5) is 6.62. The van der Waals surface area contributed by atoms with Gasteiger partial charge in [-0.3, -0.25) is 0 Å². The number of nitrogens with one attached hydrogen (secondary N) is 1. The van der Waals surface area contributed by atoms with Gasteiger partial charge in [0.15, 0.2) is 17.5 Å². The predicted octanol–water partition coefficient (Wildman–Crippen LogP) is 2.97. The molecule has 0 aromatic heterocycles. The van der Waals surface area contributed by atoms with Gasteiger partial charge >= 0.3 is 0 Å². The zero-order valence-corrected chi connectivity index (χ0v) is 17.5. The Labute approximate surface area is 168 Å². The van der Waals surface area contributed by atoms with Gasteiger partial charge in [0.05, 0.1) is 26.8 Å². The fraction of sp³-hybridized carbons (Fsp3) is 0.409. The highest BCUT2D eigenvalue weighted by Crippen LogP contribution is 2.27. The monoisotopic (exact) mass is 384 g/mol. The normalized spacial score (nSPS) is 12.7. The van der Waals surface area contributed by atoms with E-state index < -0.39 is 0 Å². The van der Waals surface area contributed by atoms with Gasteiger partial charge in [-0.15, -0.1) is 0 Å². The molecule has 1 atom stereocenters. The smallest absolute Gasteiger partial charge is 0.188 e. The lowest BCUT2D eigenvalue weighted by Crippen LogP contribution is -2.38. The molecule has 0 saturated carbocycles. The summed E-state index contributed by atoms with van der Waals surface area (Å²) in [6.07, 6.45) is 1.04. The van der Waals surface area contributed by atoms with Crippen molar-refractivity contribution in [3.05, 3.63) is 59.2 Å². The van der Waals surface area contributed by atoms with Crippen LogP contribution in [0.4, 0.5) is 0 Å². The molecule has 2 aromatic carbocycles. The van der Waals surface area contributed by atoms with E-state index >= 15 is 0 Å². The van der Waals surface area contributed by atoms with Crippen LogP contribution in [0.2, 0.25) is 0 Å². The zero-order valence-electron chi connectivity index (χ0n) is 17.5. The molecule has 0 radical (unpaired) electrons. The summed E-state index contributed by atoms with van der Waals surface area (Å²) in [5.41, 5.74) is 9.68. The molecule has 28 heavy (non-hydrogen) atoms. The summed E-state index contributed by atoms with van der Waals surface area (Å²) in [7, 11) is 7.37. The summed E-state index contributed by atoms with van der Waals surface area (Å²) in [6, 6.07) is 14.7. The Morgan fingerprint density at radius 1 is 1.04 bits per heavy atom. The van der Waals surface area contributed by atoms with Crippen molar-refractivity contribution < 1.29 is 9.47 Å². The highest BCUT2D eigenvalue weighted by molar-refractivity contribution is 5.77. The fourth-order valence-corrected chi connectivity index (χ4v) is 2.99. The first-order valence-corrected chi connectivity index (χ1v) is 9.48. The molecular weight excluding hydrogens is 352 g/mol. The SMILES string of the molecule is CCc1ccc(C(CNC(N)=NCc2ccc(OC)c(OC)c2)N(C)C)cc1. The molecule has 0 amide bonds. The number of benzene rings is 2. The number of ether oxygens (including phenoxy) is 2. The summed E-state index contributed by atoms with van der Waals surface area (Å²) in [6.45, 7) is 3.31. The molecule has 0 spiro atoms. The van der Waals surface area contributed by atoms with Crippen molar-refractivity contribution >= 4 is 5.96 Å². The molecular formula is C22H32N4O2. The molecule has 0 heterocycles. The Morgan fingerprint density at radius 2 is 1.68 bits per heavy atom. The number of likely N-dealkylation sites (N-methyl/N-ethyl adjacent to an activating group) is 1. The number of hydrogen-bond acceptors (Lipinski definition) is 4. The zero-order chi connectivity index (χ0) is 20.5. The minimum atomic E-state index is 0.209. The molecule has 0 saturated heterocycles. The Balaban J connectivity index is 1.99. The second-order valence-electron chi connectivity index (χ2n) is 6.85. The third kappa shape index (κ3) is 5.89. The number of nitrogens with zero attached hydrogens (tertiary/aromatic N) is 2. The Bertz CT molecular complexity index is 773. The Kier molecular flexibility index (Phi) is 8.14. The van der Waals surface area contributed by atoms with Crippen LogP contribution in [0.15, 0.2) is 47.5 Å². The number of aryl methyl sites for hydroxylation is 1. The van der Waals surface area contributed by atoms with Crippen molar-refractivity contribution in [1.82, 2.24) is 10.2 Å². The average molecular weight is 385 g/mol. The number of aliphatic imine (C=N–C) groups is 1. The van der Waals surface area contributed by atoms with E-state index in [1.54, 1.807) is 14.2 Å². The summed E-state index contributed by atoms with van der Waals surface area (Å²) in [5.74, 6) is 1.81. The van der Waals surface area contributed by atoms with Crippen molar-refractivity contribution in [2.45, 2.75) is 25.9 Å². The second-order valence-corrected chi connectivity index (χ2v) is 6.85. The highest BCUT2D eigenvalue weighted by atomic mass is 16.5. The van der Waals surface area contributed by atoms with Crippen LogP contribution in [0.5, 0.6) is 11.5 Å². The number of hydrogen-bond donors (Lipinski definition) is 2. The molecule has 2 rings (SSSR count). The van der Waals surface area contributed by atoms with E-state index in [0.29, 0.717) is 30.5 Å². The van der Waals surface area contributed by atoms with Crippen LogP contribution in [-0.4, -0.2) is 45.7 Å². The Morgan fingerprint density at radius 3 is 2.25 bits per heavy atom. The maximum atomic E-state index is 6.08. The number of methoxy groups -OCH3 is 2. The first-order valence-electron chi connectivity index (χ1n) is 9.48. The summed E-state index contributed by atoms with van der Waals surface area (Å²) in [5, 5.41) is 3.24. The van der Waals surface area contributed by atoms with Crippen LogP contribution >= 0.6 is 0 Å². The molecule has 1 unspecified atom stereocenters. The van der Waals surface area contributed by atoms with Gasteiger partial charge in [0.2, 0.25) is 0 Å². The van der Waals surface area contributed by atoms with Gasteiger partial charge in [0, 0.05) is 6.54 Å². The van der Waals surface area contributed by atoms with E-state index in [2.05, 4.69) is 60.5 Å². The van der Waals surface area contributed by atoms with Crippen molar-refractivity contribution in [3.63, 3.8) is 0 Å². The number of nitrogens with two attached hydrogens (primary N) is 1. The molecule has 0 aliphatic rings. The minimum Gasteiger partial charge on any atom is -0.493 e. The van der Waals surface area contributed by atoms with Crippen molar-refractivity contribution in [2.24, 2.45) is 10.7 Å². The predicted molar refractivity (Wildman–Crippen MR) is 115 cm³/mol. The van der Waals surface area contributed by atoms with Crippen LogP contribution in [0, 0.1) is 0 Å². The van der Waals surface area contributed by atoms with Crippen LogP contribution < -0.4 is 20.5 Å². The van der Waals surface area contributed by atoms with Crippen LogP contribution in [-0.2, 0) is 13.0 Å². The largest absolute Gasteiger partial charge is 0.493 e. The van der Waals surface area contributed by atoms with Crippen LogP contribution in [0.3, 0.4) is 0 Å². The maximum Gasteiger partial charge on any atom is 0.188 e. The lowest BCUT2D eigenvalue weighted by Gasteiger charge is -2.25. The standard InChI is InChI=1S/C22H32N4O2/c1-6-16-7-10-18(11-8-16)19(26(2)3)15-25-22(23)24-14-17-9-12-20(27-4)21(13-17)28-5/h7-13,19H,6,14-15H2,1-5H3,(H3,23,24,25). The molecule has 0 aliphatic heterocycles. The van der Waals surface area contributed by atoms with E-state index in [-0.39, 0.29) is 6.04 Å². The molecule has 2 aromatic rings. The fourth-order valence-electron chi connectivity index (χ4n) is 2.99. The summed E-state index contributed by atoms with van der Waals surface area (Å²) >= 11 is 0. The van der Waals surface area contributed by atoms with E-state index in [4.69, 9.17) is 15.2 Å². The lowest BCUT2D eigenvalue weighted by atomic mass is 10.0. The molecule has 6 nitrogen and oxygen atoms in total. The van der Waals surface area contributed by atoms with E-state index in [1.165, 1.54) is 11.1 Å². The molecule has 0 fully saturated rings. The van der Waals surface area contributed by atoms with Crippen LogP contribution in [0.25, 0.3) is 0 Å². The quantitative estimate of drug-likeness (QED) is 0.514. The lowest BCUT2D eigenvalue weighted by molar-refractivity contribution is 0.298. The van der Waals surface area contributed by atoms with Crippen LogP contribution in [0.1, 0.15) is 29.7 Å². The minimum absolute atomic E-state index is 0.209. The van der Waals surface area contributed by atoms with E-state index in [1.807, 2.05) is 18.2 Å². The first kappa shape index (κ1) is 21.6. The topological polar surface area (TPSA) is 72.1 Å². The maximum absolute atomic E-state index is 6.08. The van der Waals surface area contributed by atoms with Gasteiger partial charge in [-0.25, -0.2) is 4.99 Å². The average Bonchev–Trinajstić information content (AvgIpc) is 2.72. The van der Waals surface area contributed by atoms with Gasteiger partial charge in [0.25, 0.3) is 0 Å². The van der Waals surface area contributed by atoms with Gasteiger partial charge in [0.1, 0.15) is 0 Å². The number of guanidine groups is 1. The molecule has 6 heteroatoms. The van der Waals surface area contributed by atoms with Crippen molar-refractivity contribution in [1.29, 1.82) is 0 Å². The third-order valence-electron chi connectivity index (χ3n) is 4.75. The van der Waals surface area contributed by atoms with E-state index in [9.17, 15) is 0 Å². The van der Waals surface area contributed by atoms with Gasteiger partial charge in [-0.05, 0) is 49.3 Å². The third-order valence-corrected chi connectivity index (χ3v) is 4.75. The van der Waals surface area contributed by atoms with E-state index in [0.717, 1.165) is 12.0 Å². The molecule has 0 bridgehead atoms. The molecule has 152 valence electrons. The first-order chi connectivity index (χ1) is 13.5. The molecule has 3 N–H and O–H groups in total. The van der Waals surface area contributed by atoms with Gasteiger partial charge in [-0.1, -0.05) is 37.3 Å². The van der Waals surface area contributed by atoms with Gasteiger partial charge in [-0.2, -0.15) is 0 Å². The molecule has 0 aliphatic carbocycles. The number of rotatable bonds is 9. The highest BCUT2D eigenvalue weighted by Gasteiger charge is 2.14. The Hall–Kier alpha value is -2.73.